The quantitative estimate of drug-likeness (QED) is 0.827. The van der Waals surface area contributed by atoms with Crippen molar-refractivity contribution in [2.75, 3.05) is 6.61 Å². The lowest BCUT2D eigenvalue weighted by molar-refractivity contribution is 0.0696. The molecule has 0 amide bonds. The smallest absolute Gasteiger partial charge is 0.335 e. The minimum atomic E-state index is -0.916. The largest absolute Gasteiger partial charge is 0.478 e. The fourth-order valence-corrected chi connectivity index (χ4v) is 1.42. The Kier molecular flexibility index (Phi) is 4.95. The molecule has 0 saturated heterocycles. The first kappa shape index (κ1) is 13.7. The molecule has 1 N–H and O–H groups in total. The lowest BCUT2D eigenvalue weighted by atomic mass is 10.1. The number of alkyl halides is 2. The first-order valence-corrected chi connectivity index (χ1v) is 6.25. The van der Waals surface area contributed by atoms with Gasteiger partial charge >= 0.3 is 5.97 Å². The number of rotatable bonds is 5. The molecular formula is C11H12Br2O3. The Hall–Kier alpha value is -0.390. The lowest BCUT2D eigenvalue weighted by Crippen LogP contribution is -2.14. The maximum Gasteiger partial charge on any atom is 0.335 e. The van der Waals surface area contributed by atoms with E-state index in [2.05, 4.69) is 31.9 Å². The second-order valence-electron chi connectivity index (χ2n) is 3.57. The van der Waals surface area contributed by atoms with Crippen molar-refractivity contribution in [3.8, 4) is 0 Å². The van der Waals surface area contributed by atoms with Crippen LogP contribution in [-0.4, -0.2) is 20.9 Å². The van der Waals surface area contributed by atoms with Gasteiger partial charge in [-0.15, -0.1) is 0 Å². The van der Waals surface area contributed by atoms with Crippen molar-refractivity contribution < 1.29 is 14.6 Å². The van der Waals surface area contributed by atoms with Crippen molar-refractivity contribution in [2.45, 2.75) is 16.8 Å². The monoisotopic (exact) mass is 350 g/mol. The maximum atomic E-state index is 10.6. The number of carbonyl (C=O) groups is 1. The zero-order valence-corrected chi connectivity index (χ0v) is 11.9. The van der Waals surface area contributed by atoms with Crippen LogP contribution in [0.25, 0.3) is 0 Å². The second kappa shape index (κ2) is 5.80. The molecule has 0 radical (unpaired) electrons. The van der Waals surface area contributed by atoms with Crippen LogP contribution in [0.15, 0.2) is 24.3 Å². The first-order chi connectivity index (χ1) is 7.38. The molecule has 3 nitrogen and oxygen atoms in total. The highest BCUT2D eigenvalue weighted by Gasteiger charge is 2.14. The van der Waals surface area contributed by atoms with Crippen molar-refractivity contribution in [1.29, 1.82) is 0 Å². The number of benzene rings is 1. The van der Waals surface area contributed by atoms with Crippen LogP contribution in [0.2, 0.25) is 0 Å². The third-order valence-corrected chi connectivity index (χ3v) is 2.28. The van der Waals surface area contributed by atoms with Crippen LogP contribution in [-0.2, 0) is 11.3 Å². The standard InChI is InChI=1S/C11H12Br2O3/c1-11(12,13)7-16-6-8-2-4-9(5-3-8)10(14)15/h2-5H,6-7H2,1H3,(H,14,15). The molecule has 16 heavy (non-hydrogen) atoms. The topological polar surface area (TPSA) is 46.5 Å². The fraction of sp³-hybridized carbons (Fsp3) is 0.364. The Morgan fingerprint density at radius 1 is 1.38 bits per heavy atom. The second-order valence-corrected chi connectivity index (χ2v) is 8.13. The Balaban J connectivity index is 2.47. The Morgan fingerprint density at radius 3 is 2.38 bits per heavy atom. The van der Waals surface area contributed by atoms with Gasteiger partial charge < -0.3 is 9.84 Å². The van der Waals surface area contributed by atoms with Crippen molar-refractivity contribution in [2.24, 2.45) is 0 Å². The van der Waals surface area contributed by atoms with Gasteiger partial charge in [-0.25, -0.2) is 4.79 Å². The summed E-state index contributed by atoms with van der Waals surface area (Å²) in [5.41, 5.74) is 1.24. The molecule has 1 aromatic rings. The third kappa shape index (κ3) is 5.09. The van der Waals surface area contributed by atoms with Gasteiger partial charge in [-0.05, 0) is 24.6 Å². The van der Waals surface area contributed by atoms with Crippen molar-refractivity contribution in [3.63, 3.8) is 0 Å². The van der Waals surface area contributed by atoms with Crippen LogP contribution in [0.1, 0.15) is 22.8 Å². The molecule has 0 heterocycles. The predicted molar refractivity (Wildman–Crippen MR) is 69.3 cm³/mol. The number of hydrogen-bond donors (Lipinski definition) is 1. The number of hydrogen-bond acceptors (Lipinski definition) is 2. The molecule has 5 heteroatoms. The summed E-state index contributed by atoms with van der Waals surface area (Å²) in [6.07, 6.45) is 0. The van der Waals surface area contributed by atoms with Crippen LogP contribution in [0.3, 0.4) is 0 Å². The number of carboxylic acids is 1. The molecule has 0 atom stereocenters. The summed E-state index contributed by atoms with van der Waals surface area (Å²) in [6.45, 7) is 2.93. The molecule has 0 saturated carbocycles. The Labute approximate surface area is 111 Å². The predicted octanol–water partition coefficient (Wildman–Crippen LogP) is 3.41. The van der Waals surface area contributed by atoms with Gasteiger partial charge in [-0.2, -0.15) is 0 Å². The summed E-state index contributed by atoms with van der Waals surface area (Å²) in [6, 6.07) is 6.65. The fourth-order valence-electron chi connectivity index (χ4n) is 1.09. The van der Waals surface area contributed by atoms with E-state index in [1.165, 1.54) is 0 Å². The van der Waals surface area contributed by atoms with E-state index >= 15 is 0 Å². The van der Waals surface area contributed by atoms with Gasteiger partial charge in [0, 0.05) is 0 Å². The van der Waals surface area contributed by atoms with E-state index in [0.29, 0.717) is 13.2 Å². The molecule has 0 unspecified atom stereocenters. The van der Waals surface area contributed by atoms with Crippen LogP contribution in [0.4, 0.5) is 0 Å². The zero-order chi connectivity index (χ0) is 12.2. The van der Waals surface area contributed by atoms with Gasteiger partial charge in [0.25, 0.3) is 0 Å². The summed E-state index contributed by atoms with van der Waals surface area (Å²) in [5, 5.41) is 8.71. The highest BCUT2D eigenvalue weighted by Crippen LogP contribution is 2.25. The zero-order valence-electron chi connectivity index (χ0n) is 8.74. The number of halogens is 2. The molecule has 88 valence electrons. The number of ether oxygens (including phenoxy) is 1. The van der Waals surface area contributed by atoms with E-state index in [4.69, 9.17) is 9.84 Å². The van der Waals surface area contributed by atoms with Gasteiger partial charge in [-0.3, -0.25) is 0 Å². The lowest BCUT2D eigenvalue weighted by Gasteiger charge is -2.14. The molecule has 0 spiro atoms. The van der Waals surface area contributed by atoms with E-state index < -0.39 is 5.97 Å². The first-order valence-electron chi connectivity index (χ1n) is 4.66. The van der Waals surface area contributed by atoms with Crippen LogP contribution in [0, 0.1) is 0 Å². The van der Waals surface area contributed by atoms with E-state index in [-0.39, 0.29) is 8.80 Å². The van der Waals surface area contributed by atoms with Gasteiger partial charge in [0.05, 0.1) is 18.8 Å². The normalized spacial score (nSPS) is 11.4. The molecular weight excluding hydrogens is 340 g/mol. The van der Waals surface area contributed by atoms with E-state index in [1.807, 2.05) is 6.92 Å². The highest BCUT2D eigenvalue weighted by molar-refractivity contribution is 9.25. The van der Waals surface area contributed by atoms with Crippen molar-refractivity contribution in [3.05, 3.63) is 35.4 Å². The summed E-state index contributed by atoms with van der Waals surface area (Å²) in [7, 11) is 0. The van der Waals surface area contributed by atoms with E-state index in [9.17, 15) is 4.79 Å². The highest BCUT2D eigenvalue weighted by atomic mass is 79.9. The minimum absolute atomic E-state index is 0.221. The SMILES string of the molecule is CC(Br)(Br)COCc1ccc(C(=O)O)cc1. The minimum Gasteiger partial charge on any atom is -0.478 e. The van der Waals surface area contributed by atoms with Crippen LogP contribution >= 0.6 is 31.9 Å². The maximum absolute atomic E-state index is 10.6. The summed E-state index contributed by atoms with van der Waals surface area (Å²) in [5.74, 6) is -0.916. The van der Waals surface area contributed by atoms with Gasteiger partial charge in [-0.1, -0.05) is 44.0 Å². The average Bonchev–Trinajstić information content (AvgIpc) is 2.16. The van der Waals surface area contributed by atoms with Crippen molar-refractivity contribution in [1.82, 2.24) is 0 Å². The Bertz CT molecular complexity index is 354. The van der Waals surface area contributed by atoms with E-state index in [1.54, 1.807) is 24.3 Å². The molecule has 1 aromatic carbocycles. The summed E-state index contributed by atoms with van der Waals surface area (Å²) >= 11 is 6.79. The van der Waals surface area contributed by atoms with E-state index in [0.717, 1.165) is 5.56 Å². The molecule has 0 aliphatic carbocycles. The van der Waals surface area contributed by atoms with Gasteiger partial charge in [0.15, 0.2) is 0 Å². The molecule has 0 aliphatic rings. The van der Waals surface area contributed by atoms with Gasteiger partial charge in [0.1, 0.15) is 3.23 Å². The van der Waals surface area contributed by atoms with Crippen molar-refractivity contribution >= 4 is 37.8 Å². The number of aromatic carboxylic acids is 1. The van der Waals surface area contributed by atoms with Crippen LogP contribution in [0.5, 0.6) is 0 Å². The molecule has 0 bridgehead atoms. The molecule has 0 aliphatic heterocycles. The molecule has 0 fully saturated rings. The average molecular weight is 352 g/mol. The third-order valence-electron chi connectivity index (χ3n) is 1.83. The summed E-state index contributed by atoms with van der Waals surface area (Å²) in [4.78, 5) is 10.6. The van der Waals surface area contributed by atoms with Crippen LogP contribution < -0.4 is 0 Å². The van der Waals surface area contributed by atoms with Gasteiger partial charge in [0.2, 0.25) is 0 Å². The number of carboxylic acid groups (broad SMARTS) is 1. The molecule has 0 aromatic heterocycles. The summed E-state index contributed by atoms with van der Waals surface area (Å²) < 4.78 is 5.22. The Morgan fingerprint density at radius 2 is 1.94 bits per heavy atom. The molecule has 1 rings (SSSR count).